The number of phosphoric acid groups is 1. The second-order valence-electron chi connectivity index (χ2n) is 15.9. The van der Waals surface area contributed by atoms with Gasteiger partial charge in [-0.05, 0) is 96.3 Å². The lowest BCUT2D eigenvalue weighted by Crippen LogP contribution is -2.30. The predicted octanol–water partition coefficient (Wildman–Crippen LogP) is 13.9. The molecular weight excluding hydrogens is 856 g/mol. The first-order valence-electron chi connectivity index (χ1n) is 24.8. The molecule has 0 aliphatic rings. The number of esters is 3. The van der Waals surface area contributed by atoms with Crippen LogP contribution >= 0.6 is 7.82 Å². The van der Waals surface area contributed by atoms with Crippen molar-refractivity contribution in [3.63, 3.8) is 0 Å². The summed E-state index contributed by atoms with van der Waals surface area (Å²) < 4.78 is 39.1. The van der Waals surface area contributed by atoms with Crippen LogP contribution in [0.25, 0.3) is 0 Å². The molecule has 12 heteroatoms. The van der Waals surface area contributed by atoms with Gasteiger partial charge in [-0.3, -0.25) is 23.4 Å². The molecule has 3 atom stereocenters. The first-order valence-corrected chi connectivity index (χ1v) is 26.3. The van der Waals surface area contributed by atoms with Gasteiger partial charge in [-0.1, -0.05) is 169 Å². The molecule has 0 spiro atoms. The van der Waals surface area contributed by atoms with Crippen LogP contribution in [0.2, 0.25) is 0 Å². The number of hydrogen-bond donors (Lipinski definition) is 2. The number of aliphatic hydroxyl groups is 1. The summed E-state index contributed by atoms with van der Waals surface area (Å²) in [5.74, 6) is -1.68. The van der Waals surface area contributed by atoms with Crippen LogP contribution in [-0.4, -0.2) is 66.5 Å². The van der Waals surface area contributed by atoms with Crippen molar-refractivity contribution < 1.29 is 52.2 Å². The van der Waals surface area contributed by atoms with E-state index in [0.717, 1.165) is 103 Å². The van der Waals surface area contributed by atoms with Crippen LogP contribution in [0.15, 0.2) is 109 Å². The second kappa shape index (κ2) is 47.6. The van der Waals surface area contributed by atoms with Gasteiger partial charge in [-0.25, -0.2) is 4.57 Å². The molecule has 0 fully saturated rings. The van der Waals surface area contributed by atoms with Gasteiger partial charge < -0.3 is 24.2 Å². The molecule has 0 saturated carbocycles. The van der Waals surface area contributed by atoms with Crippen LogP contribution in [0.4, 0.5) is 0 Å². The van der Waals surface area contributed by atoms with Crippen molar-refractivity contribution in [1.29, 1.82) is 0 Å². The Balaban J connectivity index is 4.94. The Hall–Kier alpha value is -3.86. The van der Waals surface area contributed by atoms with Crippen LogP contribution in [-0.2, 0) is 42.2 Å². The number of carbonyl (C=O) groups excluding carboxylic acids is 3. The first-order chi connectivity index (χ1) is 32.2. The van der Waals surface area contributed by atoms with E-state index in [1.165, 1.54) is 12.8 Å². The second-order valence-corrected chi connectivity index (χ2v) is 17.3. The molecule has 66 heavy (non-hydrogen) atoms. The third kappa shape index (κ3) is 45.3. The van der Waals surface area contributed by atoms with Gasteiger partial charge in [-0.2, -0.15) is 0 Å². The van der Waals surface area contributed by atoms with Crippen molar-refractivity contribution in [2.24, 2.45) is 0 Å². The van der Waals surface area contributed by atoms with E-state index < -0.39 is 64.4 Å². The molecule has 3 unspecified atom stereocenters. The highest BCUT2D eigenvalue weighted by Gasteiger charge is 2.28. The smallest absolute Gasteiger partial charge is 0.461 e. The van der Waals surface area contributed by atoms with Crippen LogP contribution in [0.1, 0.15) is 175 Å². The summed E-state index contributed by atoms with van der Waals surface area (Å²) in [6, 6.07) is 0. The standard InChI is InChI=1S/C54H87O11P/c1-4-7-10-13-16-19-22-24-25-27-29-31-34-37-40-43-52(56)61-47-51(65-54(58)45-42-39-36-33-30-26-23-20-17-14-11-8-5-2)49-63-66(59,60)62-48-50(46-55)64-53(57)44-41-38-35-32-28-21-18-15-12-9-6-3/h7-8,10-11,15-20,24-26,29-31,37,40,50-51,55H,4-6,9,12-14,21-23,27-28,32-36,38-39,41-49H2,1-3H3,(H,59,60)/b10-7-,11-8-,18-15-,19-16-,20-17-,25-24-,30-26-,31-29-,40-37-. The van der Waals surface area contributed by atoms with Crippen LogP contribution in [0.5, 0.6) is 0 Å². The molecule has 0 bridgehead atoms. The molecule has 374 valence electrons. The van der Waals surface area contributed by atoms with E-state index in [-0.39, 0.29) is 19.3 Å². The van der Waals surface area contributed by atoms with Crippen molar-refractivity contribution in [1.82, 2.24) is 0 Å². The largest absolute Gasteiger partial charge is 0.472 e. The fourth-order valence-corrected chi connectivity index (χ4v) is 6.74. The quantitative estimate of drug-likeness (QED) is 0.0197. The number of allylic oxidation sites excluding steroid dienone is 17. The number of unbranched alkanes of at least 4 members (excludes halogenated alkanes) is 10. The summed E-state index contributed by atoms with van der Waals surface area (Å²) in [5, 5.41) is 9.74. The van der Waals surface area contributed by atoms with Gasteiger partial charge in [0, 0.05) is 12.8 Å². The highest BCUT2D eigenvalue weighted by atomic mass is 31.2. The number of ether oxygens (including phenoxy) is 3. The molecule has 0 heterocycles. The van der Waals surface area contributed by atoms with Crippen molar-refractivity contribution in [3.8, 4) is 0 Å². The third-order valence-corrected chi connectivity index (χ3v) is 10.6. The summed E-state index contributed by atoms with van der Waals surface area (Å²) >= 11 is 0. The zero-order chi connectivity index (χ0) is 48.4. The van der Waals surface area contributed by atoms with Gasteiger partial charge in [0.05, 0.1) is 26.2 Å². The molecule has 2 N–H and O–H groups in total. The molecule has 0 aromatic heterocycles. The molecular formula is C54H87O11P. The normalized spacial score (nSPS) is 14.4. The molecule has 0 radical (unpaired) electrons. The Morgan fingerprint density at radius 1 is 0.455 bits per heavy atom. The maximum Gasteiger partial charge on any atom is 0.472 e. The minimum atomic E-state index is -4.77. The summed E-state index contributed by atoms with van der Waals surface area (Å²) in [4.78, 5) is 48.1. The van der Waals surface area contributed by atoms with E-state index in [2.05, 4.69) is 112 Å². The SMILES string of the molecule is CC/C=C\C/C=C\C/C=C\C/C=C\C/C=C\CC(=O)OCC(COP(=O)(O)OCC(CO)OC(=O)CCCCCCC/C=C\CCCC)OC(=O)CCCCC/C=C\C/C=C\C/C=C\CC. The van der Waals surface area contributed by atoms with Crippen molar-refractivity contribution >= 4 is 25.7 Å². The lowest BCUT2D eigenvalue weighted by molar-refractivity contribution is -0.161. The lowest BCUT2D eigenvalue weighted by atomic mass is 10.1. The zero-order valence-electron chi connectivity index (χ0n) is 40.9. The van der Waals surface area contributed by atoms with E-state index in [4.69, 9.17) is 23.3 Å². The van der Waals surface area contributed by atoms with E-state index in [0.29, 0.717) is 19.3 Å². The average molecular weight is 943 g/mol. The summed E-state index contributed by atoms with van der Waals surface area (Å²) in [7, 11) is -4.77. The van der Waals surface area contributed by atoms with Gasteiger partial charge >= 0.3 is 25.7 Å². The summed E-state index contributed by atoms with van der Waals surface area (Å²) in [6.45, 7) is 4.17. The molecule has 11 nitrogen and oxygen atoms in total. The van der Waals surface area contributed by atoms with E-state index >= 15 is 0 Å². The van der Waals surface area contributed by atoms with Gasteiger partial charge in [0.1, 0.15) is 12.7 Å². The van der Waals surface area contributed by atoms with Crippen LogP contribution in [0, 0.1) is 0 Å². The van der Waals surface area contributed by atoms with Crippen molar-refractivity contribution in [2.75, 3.05) is 26.4 Å². The zero-order valence-corrected chi connectivity index (χ0v) is 41.8. The van der Waals surface area contributed by atoms with Crippen molar-refractivity contribution in [3.05, 3.63) is 109 Å². The average Bonchev–Trinajstić information content (AvgIpc) is 3.30. The maximum atomic E-state index is 12.8. The lowest BCUT2D eigenvalue weighted by Gasteiger charge is -2.21. The highest BCUT2D eigenvalue weighted by molar-refractivity contribution is 7.47. The number of phosphoric ester groups is 1. The number of aliphatic hydroxyl groups excluding tert-OH is 1. The van der Waals surface area contributed by atoms with Crippen molar-refractivity contribution in [2.45, 2.75) is 187 Å². The van der Waals surface area contributed by atoms with Crippen LogP contribution in [0.3, 0.4) is 0 Å². The molecule has 0 aromatic carbocycles. The Kier molecular flexibility index (Phi) is 44.8. The minimum absolute atomic E-state index is 0.0178. The Morgan fingerprint density at radius 2 is 0.833 bits per heavy atom. The monoisotopic (exact) mass is 943 g/mol. The van der Waals surface area contributed by atoms with Gasteiger partial charge in [0.2, 0.25) is 0 Å². The van der Waals surface area contributed by atoms with E-state index in [1.807, 2.05) is 12.2 Å². The Morgan fingerprint density at radius 3 is 1.32 bits per heavy atom. The maximum absolute atomic E-state index is 12.8. The van der Waals surface area contributed by atoms with Gasteiger partial charge in [0.15, 0.2) is 6.10 Å². The van der Waals surface area contributed by atoms with Gasteiger partial charge in [-0.15, -0.1) is 0 Å². The topological polar surface area (TPSA) is 155 Å². The van der Waals surface area contributed by atoms with Crippen LogP contribution < -0.4 is 0 Å². The number of carbonyl (C=O) groups is 3. The third-order valence-electron chi connectivity index (χ3n) is 9.69. The Labute approximate surface area is 399 Å². The molecule has 0 aliphatic carbocycles. The minimum Gasteiger partial charge on any atom is -0.461 e. The molecule has 0 aliphatic heterocycles. The van der Waals surface area contributed by atoms with E-state index in [9.17, 15) is 28.9 Å². The predicted molar refractivity (Wildman–Crippen MR) is 270 cm³/mol. The van der Waals surface area contributed by atoms with Gasteiger partial charge in [0.25, 0.3) is 0 Å². The van der Waals surface area contributed by atoms with E-state index in [1.54, 1.807) is 6.08 Å². The first kappa shape index (κ1) is 62.1. The highest BCUT2D eigenvalue weighted by Crippen LogP contribution is 2.43. The molecule has 0 saturated heterocycles. The number of rotatable bonds is 44. The molecule has 0 amide bonds. The fourth-order valence-electron chi connectivity index (χ4n) is 5.95. The summed E-state index contributed by atoms with van der Waals surface area (Å²) in [5.41, 5.74) is 0. The number of hydrogen-bond acceptors (Lipinski definition) is 10. The molecule has 0 rings (SSSR count). The Bertz CT molecular complexity index is 1520. The molecule has 0 aromatic rings. The summed E-state index contributed by atoms with van der Waals surface area (Å²) in [6.07, 6.45) is 55.3. The fraction of sp³-hybridized carbons (Fsp3) is 0.611.